The maximum atomic E-state index is 12.7. The second kappa shape index (κ2) is 4.28. The van der Waals surface area contributed by atoms with Gasteiger partial charge in [-0.25, -0.2) is 8.78 Å². The molecule has 0 atom stereocenters. The summed E-state index contributed by atoms with van der Waals surface area (Å²) in [6.45, 7) is 1.78. The lowest BCUT2D eigenvalue weighted by atomic mass is 9.77. The van der Waals surface area contributed by atoms with Gasteiger partial charge in [0.2, 0.25) is 5.92 Å². The Morgan fingerprint density at radius 3 is 2.50 bits per heavy atom. The molecule has 18 heavy (non-hydrogen) atoms. The van der Waals surface area contributed by atoms with E-state index in [0.717, 1.165) is 5.56 Å². The normalized spacial score (nSPS) is 19.6. The molecule has 3 nitrogen and oxygen atoms in total. The van der Waals surface area contributed by atoms with Gasteiger partial charge in [-0.3, -0.25) is 4.55 Å². The van der Waals surface area contributed by atoms with Gasteiger partial charge in [-0.1, -0.05) is 17.7 Å². The van der Waals surface area contributed by atoms with E-state index in [1.54, 1.807) is 19.1 Å². The van der Waals surface area contributed by atoms with E-state index < -0.39 is 16.0 Å². The lowest BCUT2D eigenvalue weighted by Crippen LogP contribution is -2.36. The van der Waals surface area contributed by atoms with Crippen molar-refractivity contribution < 1.29 is 21.8 Å². The molecule has 0 bridgehead atoms. The highest BCUT2D eigenvalue weighted by Gasteiger charge is 2.45. The Balaban J connectivity index is 2.24. The van der Waals surface area contributed by atoms with Crippen molar-refractivity contribution in [2.24, 2.45) is 5.92 Å². The van der Waals surface area contributed by atoms with E-state index >= 15 is 0 Å². The number of benzene rings is 1. The maximum absolute atomic E-state index is 12.7. The largest absolute Gasteiger partial charge is 0.294 e. The topological polar surface area (TPSA) is 54.4 Å². The second-order valence-corrected chi connectivity index (χ2v) is 6.31. The van der Waals surface area contributed by atoms with Gasteiger partial charge in [0, 0.05) is 12.8 Å². The molecule has 0 spiro atoms. The van der Waals surface area contributed by atoms with Crippen molar-refractivity contribution in [3.63, 3.8) is 0 Å². The molecule has 0 aliphatic heterocycles. The first-order chi connectivity index (χ1) is 8.17. The quantitative estimate of drug-likeness (QED) is 0.864. The molecule has 1 fully saturated rings. The fourth-order valence-corrected chi connectivity index (χ4v) is 3.07. The van der Waals surface area contributed by atoms with Crippen molar-refractivity contribution in [3.05, 3.63) is 29.3 Å². The molecular formula is C12H14F2O3S. The Morgan fingerprint density at radius 1 is 1.39 bits per heavy atom. The van der Waals surface area contributed by atoms with Crippen LogP contribution in [0.1, 0.15) is 24.0 Å². The molecule has 0 amide bonds. The lowest BCUT2D eigenvalue weighted by Gasteiger charge is -2.35. The van der Waals surface area contributed by atoms with Crippen LogP contribution in [0, 0.1) is 12.8 Å². The fraction of sp³-hybridized carbons (Fsp3) is 0.500. The van der Waals surface area contributed by atoms with Crippen LogP contribution in [0.15, 0.2) is 23.1 Å². The van der Waals surface area contributed by atoms with Crippen LogP contribution in [0.5, 0.6) is 0 Å². The molecule has 0 heterocycles. The molecule has 0 unspecified atom stereocenters. The van der Waals surface area contributed by atoms with Crippen LogP contribution in [-0.2, 0) is 16.5 Å². The molecule has 1 aromatic rings. The van der Waals surface area contributed by atoms with E-state index in [4.69, 9.17) is 4.55 Å². The second-order valence-electron chi connectivity index (χ2n) is 4.92. The number of hydrogen-bond donors (Lipinski definition) is 1. The van der Waals surface area contributed by atoms with Crippen molar-refractivity contribution in [1.82, 2.24) is 0 Å². The summed E-state index contributed by atoms with van der Waals surface area (Å²) in [7, 11) is -4.30. The van der Waals surface area contributed by atoms with Crippen molar-refractivity contribution >= 4 is 10.1 Å². The first kappa shape index (κ1) is 13.4. The predicted octanol–water partition coefficient (Wildman–Crippen LogP) is 2.83. The smallest absolute Gasteiger partial charge is 0.282 e. The van der Waals surface area contributed by atoms with Gasteiger partial charge in [0.25, 0.3) is 10.1 Å². The minimum absolute atomic E-state index is 0.177. The molecule has 1 saturated carbocycles. The Morgan fingerprint density at radius 2 is 2.00 bits per heavy atom. The molecular weight excluding hydrogens is 262 g/mol. The molecule has 1 aliphatic rings. The number of rotatable bonds is 3. The number of alkyl halides is 2. The molecule has 1 aliphatic carbocycles. The van der Waals surface area contributed by atoms with Gasteiger partial charge in [0.1, 0.15) is 0 Å². The third-order valence-electron chi connectivity index (χ3n) is 3.18. The highest BCUT2D eigenvalue weighted by molar-refractivity contribution is 7.85. The highest BCUT2D eigenvalue weighted by Crippen LogP contribution is 2.44. The monoisotopic (exact) mass is 276 g/mol. The lowest BCUT2D eigenvalue weighted by molar-refractivity contribution is -0.109. The Hall–Kier alpha value is -1.01. The van der Waals surface area contributed by atoms with Crippen LogP contribution in [0.25, 0.3) is 0 Å². The van der Waals surface area contributed by atoms with Crippen molar-refractivity contribution in [3.8, 4) is 0 Å². The third-order valence-corrected chi connectivity index (χ3v) is 4.13. The molecule has 100 valence electrons. The van der Waals surface area contributed by atoms with E-state index in [9.17, 15) is 17.2 Å². The summed E-state index contributed by atoms with van der Waals surface area (Å²) < 4.78 is 56.9. The summed E-state index contributed by atoms with van der Waals surface area (Å²) in [4.78, 5) is -0.177. The summed E-state index contributed by atoms with van der Waals surface area (Å²) in [6.07, 6.45) is -0.176. The Labute approximate surface area is 105 Å². The summed E-state index contributed by atoms with van der Waals surface area (Å²) in [6, 6.07) is 4.51. The number of aryl methyl sites for hydroxylation is 1. The molecule has 1 aromatic carbocycles. The van der Waals surface area contributed by atoms with E-state index in [1.165, 1.54) is 6.07 Å². The van der Waals surface area contributed by atoms with Crippen LogP contribution < -0.4 is 0 Å². The van der Waals surface area contributed by atoms with Gasteiger partial charge in [-0.2, -0.15) is 8.42 Å². The van der Waals surface area contributed by atoms with Gasteiger partial charge in [-0.15, -0.1) is 0 Å². The fourth-order valence-electron chi connectivity index (χ4n) is 2.36. The summed E-state index contributed by atoms with van der Waals surface area (Å²) in [5.74, 6) is -2.84. The minimum Gasteiger partial charge on any atom is -0.282 e. The zero-order valence-electron chi connectivity index (χ0n) is 9.86. The number of hydrogen-bond acceptors (Lipinski definition) is 2. The Bertz CT molecular complexity index is 559. The van der Waals surface area contributed by atoms with Crippen LogP contribution >= 0.6 is 0 Å². The van der Waals surface area contributed by atoms with Crippen molar-refractivity contribution in [1.29, 1.82) is 0 Å². The van der Waals surface area contributed by atoms with Crippen LogP contribution in [-0.4, -0.2) is 18.9 Å². The number of halogens is 2. The van der Waals surface area contributed by atoms with Gasteiger partial charge in [0.05, 0.1) is 4.90 Å². The average Bonchev–Trinajstić information content (AvgIpc) is 2.12. The van der Waals surface area contributed by atoms with E-state index in [1.807, 2.05) is 0 Å². The van der Waals surface area contributed by atoms with Crippen molar-refractivity contribution in [2.45, 2.75) is 37.0 Å². The van der Waals surface area contributed by atoms with Crippen molar-refractivity contribution in [2.75, 3.05) is 0 Å². The van der Waals surface area contributed by atoms with Gasteiger partial charge < -0.3 is 0 Å². The average molecular weight is 276 g/mol. The third kappa shape index (κ3) is 2.87. The van der Waals surface area contributed by atoms with E-state index in [-0.39, 0.29) is 30.1 Å². The SMILES string of the molecule is Cc1ccc(S(=O)(=O)O)c(CC2CC(F)(F)C2)c1. The van der Waals surface area contributed by atoms with E-state index in [2.05, 4.69) is 0 Å². The van der Waals surface area contributed by atoms with Gasteiger partial charge in [-0.05, 0) is 30.9 Å². The van der Waals surface area contributed by atoms with Crippen LogP contribution in [0.4, 0.5) is 8.78 Å². The standard InChI is InChI=1S/C12H14F2O3S/c1-8-2-3-11(18(15,16)17)10(4-8)5-9-6-12(13,14)7-9/h2-4,9H,5-7H2,1H3,(H,15,16,17). The van der Waals surface area contributed by atoms with Crippen LogP contribution in [0.2, 0.25) is 0 Å². The molecule has 0 aromatic heterocycles. The van der Waals surface area contributed by atoms with Crippen LogP contribution in [0.3, 0.4) is 0 Å². The predicted molar refractivity (Wildman–Crippen MR) is 62.4 cm³/mol. The molecule has 2 rings (SSSR count). The Kier molecular flexibility index (Phi) is 3.19. The molecule has 6 heteroatoms. The first-order valence-electron chi connectivity index (χ1n) is 5.62. The zero-order chi connectivity index (χ0) is 13.6. The first-order valence-corrected chi connectivity index (χ1v) is 7.06. The minimum atomic E-state index is -4.30. The highest BCUT2D eigenvalue weighted by atomic mass is 32.2. The summed E-state index contributed by atoms with van der Waals surface area (Å²) in [5.41, 5.74) is 1.25. The van der Waals surface area contributed by atoms with E-state index in [0.29, 0.717) is 5.56 Å². The molecule has 0 radical (unpaired) electrons. The maximum Gasteiger partial charge on any atom is 0.294 e. The molecule has 1 N–H and O–H groups in total. The summed E-state index contributed by atoms with van der Waals surface area (Å²) in [5, 5.41) is 0. The zero-order valence-corrected chi connectivity index (χ0v) is 10.7. The van der Waals surface area contributed by atoms with Gasteiger partial charge in [0.15, 0.2) is 0 Å². The van der Waals surface area contributed by atoms with Gasteiger partial charge >= 0.3 is 0 Å². The summed E-state index contributed by atoms with van der Waals surface area (Å²) >= 11 is 0. The molecule has 0 saturated heterocycles.